The zero-order chi connectivity index (χ0) is 26.2. The number of amides is 1. The Balaban J connectivity index is 1.22. The Morgan fingerprint density at radius 3 is 2.95 bits per heavy atom. The van der Waals surface area contributed by atoms with Gasteiger partial charge in [-0.05, 0) is 55.2 Å². The first-order valence-corrected chi connectivity index (χ1v) is 13.5. The van der Waals surface area contributed by atoms with E-state index in [1.807, 2.05) is 41.2 Å². The van der Waals surface area contributed by atoms with Crippen molar-refractivity contribution >= 4 is 49.9 Å². The third kappa shape index (κ3) is 4.60. The maximum absolute atomic E-state index is 11.7. The van der Waals surface area contributed by atoms with Crippen LogP contribution >= 0.6 is 11.3 Å². The number of nitrogens with zero attached hydrogens (tertiary/aromatic N) is 6. The van der Waals surface area contributed by atoms with Crippen LogP contribution in [0, 0.1) is 0 Å². The number of benzene rings is 1. The van der Waals surface area contributed by atoms with E-state index in [0.29, 0.717) is 11.6 Å². The molecule has 38 heavy (non-hydrogen) atoms. The first-order valence-electron chi connectivity index (χ1n) is 12.7. The number of aromatic nitrogens is 6. The quantitative estimate of drug-likeness (QED) is 0.253. The highest BCUT2D eigenvalue weighted by molar-refractivity contribution is 7.22. The summed E-state index contributed by atoms with van der Waals surface area (Å²) in [5.41, 5.74) is 5.65. The molecule has 5 aromatic rings. The topological polar surface area (TPSA) is 116 Å². The summed E-state index contributed by atoms with van der Waals surface area (Å²) in [7, 11) is 0. The van der Waals surface area contributed by atoms with Crippen molar-refractivity contribution in [3.63, 3.8) is 0 Å². The smallest absolute Gasteiger partial charge is 0.247 e. The monoisotopic (exact) mass is 527 g/mol. The van der Waals surface area contributed by atoms with E-state index in [1.165, 1.54) is 6.08 Å². The van der Waals surface area contributed by atoms with Gasteiger partial charge in [-0.2, -0.15) is 10.1 Å². The van der Waals surface area contributed by atoms with Gasteiger partial charge in [0.25, 0.3) is 0 Å². The van der Waals surface area contributed by atoms with Gasteiger partial charge in [-0.1, -0.05) is 31.8 Å². The molecule has 1 aromatic carbocycles. The summed E-state index contributed by atoms with van der Waals surface area (Å²) < 4.78 is 3.04. The summed E-state index contributed by atoms with van der Waals surface area (Å²) in [6.45, 7) is 9.60. The fourth-order valence-electron chi connectivity index (χ4n) is 5.00. The molecule has 3 N–H and O–H groups in total. The van der Waals surface area contributed by atoms with Crippen LogP contribution in [0.4, 0.5) is 16.8 Å². The lowest BCUT2D eigenvalue weighted by Crippen LogP contribution is -2.42. The molecule has 194 valence electrons. The number of fused-ring (bicyclic) bond motifs is 2. The third-order valence-electron chi connectivity index (χ3n) is 6.75. The van der Waals surface area contributed by atoms with Crippen LogP contribution in [-0.4, -0.2) is 54.8 Å². The lowest BCUT2D eigenvalue weighted by Gasteiger charge is -2.32. The standard InChI is InChI=1S/C27H29N9OS/c1-4-24(37)30-18-7-9-22-21(12-18)32-27(38-22)35-11-5-6-19(15-35)31-26-33-23-10-8-20(17-13-28-29-14-17)25(16(2)3)36(23)34-26/h4,7-10,12-14,16,19H,1,5-6,11,15H2,2-3H3,(H,28,29)(H,30,37)(H,31,34)/t19-/m1/s1. The van der Waals surface area contributed by atoms with Crippen LogP contribution in [0.2, 0.25) is 0 Å². The molecule has 11 heteroatoms. The summed E-state index contributed by atoms with van der Waals surface area (Å²) in [6, 6.07) is 10.1. The van der Waals surface area contributed by atoms with E-state index in [4.69, 9.17) is 15.1 Å². The molecule has 1 aliphatic heterocycles. The molecule has 0 aliphatic carbocycles. The lowest BCUT2D eigenvalue weighted by atomic mass is 10.00. The zero-order valence-corrected chi connectivity index (χ0v) is 22.1. The molecule has 0 unspecified atom stereocenters. The summed E-state index contributed by atoms with van der Waals surface area (Å²) in [5.74, 6) is 0.659. The van der Waals surface area contributed by atoms with E-state index in [1.54, 1.807) is 11.3 Å². The van der Waals surface area contributed by atoms with Crippen molar-refractivity contribution in [2.45, 2.75) is 38.6 Å². The second-order valence-corrected chi connectivity index (χ2v) is 10.8. The maximum Gasteiger partial charge on any atom is 0.247 e. The van der Waals surface area contributed by atoms with Crippen molar-refractivity contribution in [2.24, 2.45) is 0 Å². The molecule has 0 spiro atoms. The molecular weight excluding hydrogens is 498 g/mol. The van der Waals surface area contributed by atoms with E-state index < -0.39 is 0 Å². The molecule has 1 fully saturated rings. The first kappa shape index (κ1) is 24.1. The Bertz CT molecular complexity index is 1620. The minimum atomic E-state index is -0.233. The molecule has 1 atom stereocenters. The number of anilines is 3. The van der Waals surface area contributed by atoms with Gasteiger partial charge in [-0.25, -0.2) is 9.50 Å². The molecule has 10 nitrogen and oxygen atoms in total. The summed E-state index contributed by atoms with van der Waals surface area (Å²) in [4.78, 5) is 23.6. The highest BCUT2D eigenvalue weighted by Gasteiger charge is 2.24. The maximum atomic E-state index is 11.7. The van der Waals surface area contributed by atoms with E-state index in [0.717, 1.165) is 63.7 Å². The Morgan fingerprint density at radius 2 is 2.16 bits per heavy atom. The van der Waals surface area contributed by atoms with Gasteiger partial charge in [0.2, 0.25) is 11.9 Å². The second-order valence-electron chi connectivity index (χ2n) is 9.78. The Morgan fingerprint density at radius 1 is 1.26 bits per heavy atom. The molecule has 1 saturated heterocycles. The third-order valence-corrected chi connectivity index (χ3v) is 7.84. The van der Waals surface area contributed by atoms with Crippen LogP contribution in [-0.2, 0) is 4.79 Å². The number of rotatable bonds is 7. The first-order chi connectivity index (χ1) is 18.5. The molecule has 1 aliphatic rings. The average Bonchev–Trinajstić information content (AvgIpc) is 3.67. The van der Waals surface area contributed by atoms with Gasteiger partial charge in [-0.3, -0.25) is 9.89 Å². The van der Waals surface area contributed by atoms with Gasteiger partial charge in [-0.15, -0.1) is 5.10 Å². The minimum Gasteiger partial charge on any atom is -0.348 e. The minimum absolute atomic E-state index is 0.200. The number of H-pyrrole nitrogens is 1. The van der Waals surface area contributed by atoms with Gasteiger partial charge in [0.05, 0.1) is 22.1 Å². The molecule has 1 amide bonds. The summed E-state index contributed by atoms with van der Waals surface area (Å²) in [5, 5.41) is 19.2. The number of carbonyl (C=O) groups excluding carboxylic acids is 1. The van der Waals surface area contributed by atoms with Crippen LogP contribution in [0.1, 0.15) is 38.3 Å². The van der Waals surface area contributed by atoms with Crippen molar-refractivity contribution in [1.82, 2.24) is 29.8 Å². The SMILES string of the molecule is C=CC(=O)Nc1ccc2sc(N3CCC[C@@H](Nc4nc5ccc(-c6cn[nH]c6)c(C(C)C)n5n4)C3)nc2c1. The fourth-order valence-corrected chi connectivity index (χ4v) is 5.98. The van der Waals surface area contributed by atoms with Crippen molar-refractivity contribution in [1.29, 1.82) is 0 Å². The van der Waals surface area contributed by atoms with E-state index in [2.05, 4.69) is 52.2 Å². The normalized spacial score (nSPS) is 15.9. The fraction of sp³-hybridized carbons (Fsp3) is 0.296. The van der Waals surface area contributed by atoms with Gasteiger partial charge < -0.3 is 15.5 Å². The number of hydrogen-bond acceptors (Lipinski definition) is 8. The predicted octanol–water partition coefficient (Wildman–Crippen LogP) is 5.06. The van der Waals surface area contributed by atoms with Crippen LogP contribution in [0.3, 0.4) is 0 Å². The predicted molar refractivity (Wildman–Crippen MR) is 152 cm³/mol. The van der Waals surface area contributed by atoms with Crippen LogP contribution in [0.5, 0.6) is 0 Å². The van der Waals surface area contributed by atoms with Gasteiger partial charge in [0.1, 0.15) is 0 Å². The molecule has 0 radical (unpaired) electrons. The second kappa shape index (κ2) is 9.90. The van der Waals surface area contributed by atoms with Crippen molar-refractivity contribution in [3.05, 3.63) is 61.1 Å². The van der Waals surface area contributed by atoms with Crippen molar-refractivity contribution in [2.75, 3.05) is 28.6 Å². The molecule has 0 saturated carbocycles. The molecule has 4 aromatic heterocycles. The van der Waals surface area contributed by atoms with Crippen molar-refractivity contribution in [3.8, 4) is 11.1 Å². The molecule has 5 heterocycles. The number of pyridine rings is 1. The Kier molecular flexibility index (Phi) is 6.28. The number of carbonyl (C=O) groups is 1. The van der Waals surface area contributed by atoms with Crippen molar-refractivity contribution < 1.29 is 4.79 Å². The highest BCUT2D eigenvalue weighted by Crippen LogP contribution is 2.33. The Hall–Kier alpha value is -4.25. The number of hydrogen-bond donors (Lipinski definition) is 3. The number of piperidine rings is 1. The molecular formula is C27H29N9OS. The lowest BCUT2D eigenvalue weighted by molar-refractivity contribution is -0.111. The van der Waals surface area contributed by atoms with E-state index in [9.17, 15) is 4.79 Å². The summed E-state index contributed by atoms with van der Waals surface area (Å²) in [6.07, 6.45) is 7.08. The zero-order valence-electron chi connectivity index (χ0n) is 21.3. The van der Waals surface area contributed by atoms with Crippen LogP contribution in [0.15, 0.2) is 55.4 Å². The van der Waals surface area contributed by atoms with Crippen LogP contribution < -0.4 is 15.5 Å². The molecule has 0 bridgehead atoms. The number of nitrogens with one attached hydrogen (secondary N) is 3. The number of aromatic amines is 1. The van der Waals surface area contributed by atoms with Gasteiger partial charge in [0, 0.05) is 42.1 Å². The van der Waals surface area contributed by atoms with Gasteiger partial charge in [0.15, 0.2) is 10.8 Å². The average molecular weight is 528 g/mol. The van der Waals surface area contributed by atoms with E-state index >= 15 is 0 Å². The number of thiazole rings is 1. The Labute approximate surface area is 223 Å². The molecule has 6 rings (SSSR count). The summed E-state index contributed by atoms with van der Waals surface area (Å²) >= 11 is 1.67. The largest absolute Gasteiger partial charge is 0.348 e. The van der Waals surface area contributed by atoms with Gasteiger partial charge >= 0.3 is 0 Å². The van der Waals surface area contributed by atoms with Crippen LogP contribution in [0.25, 0.3) is 27.0 Å². The highest BCUT2D eigenvalue weighted by atomic mass is 32.1. The van der Waals surface area contributed by atoms with E-state index in [-0.39, 0.29) is 17.9 Å².